The number of rotatable bonds is 3. The lowest BCUT2D eigenvalue weighted by atomic mass is 10.1. The van der Waals surface area contributed by atoms with Crippen LogP contribution in [0.3, 0.4) is 0 Å². The van der Waals surface area contributed by atoms with E-state index >= 15 is 0 Å². The highest BCUT2D eigenvalue weighted by Gasteiger charge is 2.35. The summed E-state index contributed by atoms with van der Waals surface area (Å²) in [4.78, 5) is 24.3. The van der Waals surface area contributed by atoms with E-state index in [1.807, 2.05) is 13.0 Å². The van der Waals surface area contributed by atoms with Gasteiger partial charge < -0.3 is 9.64 Å². The summed E-state index contributed by atoms with van der Waals surface area (Å²) in [6, 6.07) is 4.51. The van der Waals surface area contributed by atoms with E-state index < -0.39 is 11.0 Å². The number of nitro groups is 1. The summed E-state index contributed by atoms with van der Waals surface area (Å²) in [5.74, 6) is -0.338. The normalized spacial score (nSPS) is 18.4. The van der Waals surface area contributed by atoms with Gasteiger partial charge in [-0.2, -0.15) is 0 Å². The van der Waals surface area contributed by atoms with Crippen molar-refractivity contribution in [1.82, 2.24) is 0 Å². The molecule has 0 saturated carbocycles. The number of anilines is 1. The first-order chi connectivity index (χ1) is 9.06. The van der Waals surface area contributed by atoms with E-state index in [9.17, 15) is 14.9 Å². The maximum atomic E-state index is 11.8. The van der Waals surface area contributed by atoms with E-state index in [0.717, 1.165) is 12.0 Å². The van der Waals surface area contributed by atoms with Crippen LogP contribution in [-0.4, -0.2) is 30.6 Å². The maximum Gasteiger partial charge on any atom is 0.328 e. The Morgan fingerprint density at radius 3 is 2.89 bits per heavy atom. The second-order valence-corrected chi connectivity index (χ2v) is 4.57. The molecule has 1 unspecified atom stereocenters. The molecule has 1 aliphatic rings. The Balaban J connectivity index is 2.46. The molecule has 0 N–H and O–H groups in total. The number of nitrogens with zero attached hydrogens (tertiary/aromatic N) is 2. The van der Waals surface area contributed by atoms with E-state index in [0.29, 0.717) is 18.7 Å². The van der Waals surface area contributed by atoms with Crippen LogP contribution in [0, 0.1) is 17.0 Å². The van der Waals surface area contributed by atoms with Gasteiger partial charge in [0.25, 0.3) is 5.69 Å². The molecule has 1 heterocycles. The Hall–Kier alpha value is -2.11. The van der Waals surface area contributed by atoms with Gasteiger partial charge in [0.15, 0.2) is 0 Å². The number of carbonyl (C=O) groups excluding carboxylic acids is 1. The van der Waals surface area contributed by atoms with Gasteiger partial charge in [-0.25, -0.2) is 4.79 Å². The number of nitro benzene ring substituents is 1. The van der Waals surface area contributed by atoms with Gasteiger partial charge in [0, 0.05) is 12.6 Å². The molecule has 0 bridgehead atoms. The Morgan fingerprint density at radius 2 is 2.26 bits per heavy atom. The molecular weight excluding hydrogens is 248 g/mol. The maximum absolute atomic E-state index is 11.8. The summed E-state index contributed by atoms with van der Waals surface area (Å²) in [7, 11) is 1.34. The Morgan fingerprint density at radius 1 is 1.53 bits per heavy atom. The lowest BCUT2D eigenvalue weighted by molar-refractivity contribution is -0.384. The summed E-state index contributed by atoms with van der Waals surface area (Å²) in [6.07, 6.45) is 1.49. The molecule has 102 valence electrons. The second-order valence-electron chi connectivity index (χ2n) is 4.57. The number of ether oxygens (including phenoxy) is 1. The molecule has 1 atom stereocenters. The fraction of sp³-hybridized carbons (Fsp3) is 0.462. The predicted molar refractivity (Wildman–Crippen MR) is 70.2 cm³/mol. The monoisotopic (exact) mass is 264 g/mol. The first-order valence-corrected chi connectivity index (χ1v) is 6.14. The van der Waals surface area contributed by atoms with Gasteiger partial charge in [0.05, 0.1) is 12.0 Å². The van der Waals surface area contributed by atoms with Gasteiger partial charge >= 0.3 is 5.97 Å². The average Bonchev–Trinajstić information content (AvgIpc) is 2.86. The van der Waals surface area contributed by atoms with Gasteiger partial charge in [-0.15, -0.1) is 0 Å². The standard InChI is InChI=1S/C13H16N2O4/c1-9-5-3-6-10(15(17)18)12(9)14-8-4-7-11(14)13(16)19-2/h3,5-6,11H,4,7-8H2,1-2H3. The van der Waals surface area contributed by atoms with Crippen molar-refractivity contribution in [3.8, 4) is 0 Å². The molecular formula is C13H16N2O4. The molecule has 0 radical (unpaired) electrons. The van der Waals surface area contributed by atoms with E-state index in [2.05, 4.69) is 0 Å². The number of aryl methyl sites for hydroxylation is 1. The summed E-state index contributed by atoms with van der Waals surface area (Å²) >= 11 is 0. The zero-order chi connectivity index (χ0) is 14.0. The third-order valence-corrected chi connectivity index (χ3v) is 3.43. The summed E-state index contributed by atoms with van der Waals surface area (Å²) in [6.45, 7) is 2.44. The van der Waals surface area contributed by atoms with Crippen LogP contribution in [0.15, 0.2) is 18.2 Å². The van der Waals surface area contributed by atoms with Crippen molar-refractivity contribution in [2.45, 2.75) is 25.8 Å². The number of hydrogen-bond acceptors (Lipinski definition) is 5. The third kappa shape index (κ3) is 2.38. The zero-order valence-electron chi connectivity index (χ0n) is 11.0. The number of esters is 1. The summed E-state index contributed by atoms with van der Waals surface area (Å²) < 4.78 is 4.78. The fourth-order valence-corrected chi connectivity index (χ4v) is 2.58. The number of benzene rings is 1. The van der Waals surface area contributed by atoms with Gasteiger partial charge in [-0.3, -0.25) is 10.1 Å². The fourth-order valence-electron chi connectivity index (χ4n) is 2.58. The molecule has 1 aliphatic heterocycles. The van der Waals surface area contributed by atoms with Crippen molar-refractivity contribution in [3.05, 3.63) is 33.9 Å². The van der Waals surface area contributed by atoms with Crippen molar-refractivity contribution in [2.75, 3.05) is 18.6 Å². The summed E-state index contributed by atoms with van der Waals surface area (Å²) in [5.41, 5.74) is 1.36. The van der Waals surface area contributed by atoms with Crippen LogP contribution in [0.4, 0.5) is 11.4 Å². The lowest BCUT2D eigenvalue weighted by Crippen LogP contribution is -2.37. The minimum Gasteiger partial charge on any atom is -0.467 e. The molecule has 2 rings (SSSR count). The van der Waals surface area contributed by atoms with Crippen molar-refractivity contribution in [2.24, 2.45) is 0 Å². The second kappa shape index (κ2) is 5.26. The Bertz CT molecular complexity index is 515. The molecule has 19 heavy (non-hydrogen) atoms. The topological polar surface area (TPSA) is 72.7 Å². The number of para-hydroxylation sites is 1. The van der Waals surface area contributed by atoms with Gasteiger partial charge in [-0.1, -0.05) is 12.1 Å². The molecule has 1 aromatic carbocycles. The van der Waals surface area contributed by atoms with E-state index in [1.54, 1.807) is 11.0 Å². The van der Waals surface area contributed by atoms with Crippen LogP contribution in [-0.2, 0) is 9.53 Å². The van der Waals surface area contributed by atoms with Crippen LogP contribution in [0.2, 0.25) is 0 Å². The van der Waals surface area contributed by atoms with E-state index in [1.165, 1.54) is 13.2 Å². The smallest absolute Gasteiger partial charge is 0.328 e. The van der Waals surface area contributed by atoms with Gasteiger partial charge in [0.1, 0.15) is 11.7 Å². The van der Waals surface area contributed by atoms with Crippen LogP contribution < -0.4 is 4.90 Å². The first kappa shape index (κ1) is 13.3. The van der Waals surface area contributed by atoms with Crippen LogP contribution in [0.1, 0.15) is 18.4 Å². The van der Waals surface area contributed by atoms with Crippen LogP contribution >= 0.6 is 0 Å². The average molecular weight is 264 g/mol. The molecule has 0 spiro atoms. The molecule has 0 aromatic heterocycles. The lowest BCUT2D eigenvalue weighted by Gasteiger charge is -2.25. The molecule has 1 saturated heterocycles. The Labute approximate surface area is 111 Å². The highest BCUT2D eigenvalue weighted by atomic mass is 16.6. The molecule has 6 nitrogen and oxygen atoms in total. The van der Waals surface area contributed by atoms with Crippen molar-refractivity contribution < 1.29 is 14.5 Å². The minimum absolute atomic E-state index is 0.0378. The van der Waals surface area contributed by atoms with E-state index in [-0.39, 0.29) is 11.7 Å². The molecule has 0 amide bonds. The van der Waals surface area contributed by atoms with E-state index in [4.69, 9.17) is 4.74 Å². The number of hydrogen-bond donors (Lipinski definition) is 0. The zero-order valence-corrected chi connectivity index (χ0v) is 11.0. The molecule has 1 fully saturated rings. The largest absolute Gasteiger partial charge is 0.467 e. The van der Waals surface area contributed by atoms with Crippen LogP contribution in [0.5, 0.6) is 0 Å². The Kier molecular flexibility index (Phi) is 3.69. The minimum atomic E-state index is -0.426. The number of methoxy groups -OCH3 is 1. The van der Waals surface area contributed by atoms with Crippen LogP contribution in [0.25, 0.3) is 0 Å². The third-order valence-electron chi connectivity index (χ3n) is 3.43. The van der Waals surface area contributed by atoms with Crippen molar-refractivity contribution in [1.29, 1.82) is 0 Å². The molecule has 1 aromatic rings. The SMILES string of the molecule is COC(=O)C1CCCN1c1c(C)cccc1[N+](=O)[O-]. The van der Waals surface area contributed by atoms with Gasteiger partial charge in [-0.05, 0) is 25.3 Å². The highest BCUT2D eigenvalue weighted by Crippen LogP contribution is 2.36. The molecule has 0 aliphatic carbocycles. The number of carbonyl (C=O) groups is 1. The molecule has 6 heteroatoms. The van der Waals surface area contributed by atoms with Gasteiger partial charge in [0.2, 0.25) is 0 Å². The predicted octanol–water partition coefficient (Wildman–Crippen LogP) is 2.05. The van der Waals surface area contributed by atoms with Crippen molar-refractivity contribution in [3.63, 3.8) is 0 Å². The quantitative estimate of drug-likeness (QED) is 0.474. The highest BCUT2D eigenvalue weighted by molar-refractivity contribution is 5.83. The van der Waals surface area contributed by atoms with Crippen molar-refractivity contribution >= 4 is 17.3 Å². The summed E-state index contributed by atoms with van der Waals surface area (Å²) in [5, 5.41) is 11.1. The first-order valence-electron chi connectivity index (χ1n) is 6.14.